The van der Waals surface area contributed by atoms with E-state index in [1.807, 2.05) is 16.7 Å². The molecule has 1 aliphatic heterocycles. The van der Waals surface area contributed by atoms with Gasteiger partial charge in [0.25, 0.3) is 0 Å². The van der Waals surface area contributed by atoms with E-state index in [-0.39, 0.29) is 10.7 Å². The van der Waals surface area contributed by atoms with E-state index in [2.05, 4.69) is 26.5 Å². The molecule has 1 fully saturated rings. The van der Waals surface area contributed by atoms with Crippen molar-refractivity contribution in [1.29, 1.82) is 0 Å². The summed E-state index contributed by atoms with van der Waals surface area (Å²) in [6.07, 6.45) is 0.573. The smallest absolute Gasteiger partial charge is 0.223 e. The van der Waals surface area contributed by atoms with Crippen molar-refractivity contribution in [2.24, 2.45) is 0 Å². The third-order valence-corrected chi connectivity index (χ3v) is 3.62. The fourth-order valence-electron chi connectivity index (χ4n) is 1.48. The topological polar surface area (TPSA) is 20.3 Å². The lowest BCUT2D eigenvalue weighted by atomic mass is 10.2. The molecule has 4 heteroatoms. The normalized spacial score (nSPS) is 21.6. The van der Waals surface area contributed by atoms with Gasteiger partial charge in [0.05, 0.1) is 0 Å². The molecule has 0 N–H and O–H groups in total. The number of amides is 1. The van der Waals surface area contributed by atoms with Gasteiger partial charge in [-0.2, -0.15) is 24.4 Å². The Balaban J connectivity index is 2.47. The maximum atomic E-state index is 11.6. The van der Waals surface area contributed by atoms with E-state index in [0.29, 0.717) is 12.2 Å². The van der Waals surface area contributed by atoms with Crippen LogP contribution in [0, 0.1) is 0 Å². The number of nitrogens with zero attached hydrogens (tertiary/aromatic N) is 1. The Morgan fingerprint density at radius 1 is 1.62 bits per heavy atom. The fraction of sp³-hybridized carbons (Fsp3) is 0.889. The van der Waals surface area contributed by atoms with Crippen LogP contribution in [0.2, 0.25) is 0 Å². The van der Waals surface area contributed by atoms with Gasteiger partial charge in [-0.3, -0.25) is 4.79 Å². The Hall–Kier alpha value is 0.170. The first-order chi connectivity index (χ1) is 6.05. The number of thiol groups is 1. The second-order valence-corrected chi connectivity index (χ2v) is 6.15. The minimum atomic E-state index is 0.227. The van der Waals surface area contributed by atoms with E-state index < -0.39 is 0 Å². The summed E-state index contributed by atoms with van der Waals surface area (Å²) < 4.78 is 0.227. The monoisotopic (exact) mass is 219 g/mol. The van der Waals surface area contributed by atoms with Crippen LogP contribution < -0.4 is 0 Å². The lowest BCUT2D eigenvalue weighted by molar-refractivity contribution is -0.131. The Morgan fingerprint density at radius 2 is 2.31 bits per heavy atom. The molecule has 0 spiro atoms. The first-order valence-electron chi connectivity index (χ1n) is 4.58. The highest BCUT2D eigenvalue weighted by atomic mass is 32.2. The summed E-state index contributed by atoms with van der Waals surface area (Å²) in [6.45, 7) is 6.17. The zero-order valence-electron chi connectivity index (χ0n) is 8.25. The molecule has 0 saturated carbocycles. The molecule has 0 radical (unpaired) electrons. The summed E-state index contributed by atoms with van der Waals surface area (Å²) in [5.74, 6) is 1.97. The number of thioether (sulfide) groups is 1. The molecule has 1 heterocycles. The van der Waals surface area contributed by atoms with E-state index in [0.717, 1.165) is 18.8 Å². The quantitative estimate of drug-likeness (QED) is 0.713. The van der Waals surface area contributed by atoms with E-state index >= 15 is 0 Å². The summed E-state index contributed by atoms with van der Waals surface area (Å²) in [7, 11) is 0. The molecular weight excluding hydrogens is 202 g/mol. The van der Waals surface area contributed by atoms with Gasteiger partial charge >= 0.3 is 0 Å². The van der Waals surface area contributed by atoms with Crippen molar-refractivity contribution < 1.29 is 4.79 Å². The molecule has 0 aromatic heterocycles. The minimum absolute atomic E-state index is 0.227. The lowest BCUT2D eigenvalue weighted by Gasteiger charge is -2.37. The molecule has 2 nitrogen and oxygen atoms in total. The average molecular weight is 219 g/mol. The van der Waals surface area contributed by atoms with Gasteiger partial charge in [0.1, 0.15) is 0 Å². The molecule has 1 amide bonds. The van der Waals surface area contributed by atoms with E-state index in [1.54, 1.807) is 0 Å². The third-order valence-electron chi connectivity index (χ3n) is 2.10. The Bertz CT molecular complexity index is 194. The standard InChI is InChI=1S/C9H17NOS2/c1-9(2)7-10(4-6-13-9)8(11)3-5-12/h12H,3-7H2,1-2H3. The predicted octanol–water partition coefficient (Wildman–Crippen LogP) is 1.66. The molecule has 76 valence electrons. The summed E-state index contributed by atoms with van der Waals surface area (Å²) in [5.41, 5.74) is 0. The molecule has 0 aliphatic carbocycles. The van der Waals surface area contributed by atoms with Gasteiger partial charge in [0.15, 0.2) is 0 Å². The van der Waals surface area contributed by atoms with Gasteiger partial charge < -0.3 is 4.90 Å². The van der Waals surface area contributed by atoms with Gasteiger partial charge in [-0.15, -0.1) is 0 Å². The van der Waals surface area contributed by atoms with Crippen molar-refractivity contribution >= 4 is 30.3 Å². The highest BCUT2D eigenvalue weighted by Crippen LogP contribution is 2.29. The van der Waals surface area contributed by atoms with Crippen molar-refractivity contribution in [2.45, 2.75) is 25.0 Å². The molecule has 0 bridgehead atoms. The zero-order chi connectivity index (χ0) is 9.90. The Labute approximate surface area is 89.9 Å². The maximum absolute atomic E-state index is 11.6. The van der Waals surface area contributed by atoms with Crippen LogP contribution in [-0.2, 0) is 4.79 Å². The number of carbonyl (C=O) groups excluding carboxylic acids is 1. The molecule has 0 aromatic carbocycles. The summed E-state index contributed by atoms with van der Waals surface area (Å²) in [4.78, 5) is 13.5. The van der Waals surface area contributed by atoms with Gasteiger partial charge in [-0.25, -0.2) is 0 Å². The van der Waals surface area contributed by atoms with Crippen molar-refractivity contribution in [3.63, 3.8) is 0 Å². The van der Waals surface area contributed by atoms with Crippen molar-refractivity contribution in [1.82, 2.24) is 4.90 Å². The van der Waals surface area contributed by atoms with Crippen LogP contribution in [0.5, 0.6) is 0 Å². The van der Waals surface area contributed by atoms with Crippen LogP contribution in [0.3, 0.4) is 0 Å². The summed E-state index contributed by atoms with van der Waals surface area (Å²) >= 11 is 6.02. The Morgan fingerprint density at radius 3 is 2.85 bits per heavy atom. The Kier molecular flexibility index (Phi) is 3.98. The number of hydrogen-bond donors (Lipinski definition) is 1. The zero-order valence-corrected chi connectivity index (χ0v) is 9.96. The maximum Gasteiger partial charge on any atom is 0.223 e. The molecule has 1 aliphatic rings. The van der Waals surface area contributed by atoms with E-state index in [1.165, 1.54) is 0 Å². The van der Waals surface area contributed by atoms with Crippen LogP contribution in [0.25, 0.3) is 0 Å². The van der Waals surface area contributed by atoms with Gasteiger partial charge in [0, 0.05) is 30.0 Å². The SMILES string of the molecule is CC1(C)CN(C(=O)CCS)CCS1. The van der Waals surface area contributed by atoms with Crippen molar-refractivity contribution in [2.75, 3.05) is 24.6 Å². The van der Waals surface area contributed by atoms with Crippen LogP contribution >= 0.6 is 24.4 Å². The van der Waals surface area contributed by atoms with E-state index in [9.17, 15) is 4.79 Å². The van der Waals surface area contributed by atoms with E-state index in [4.69, 9.17) is 0 Å². The minimum Gasteiger partial charge on any atom is -0.340 e. The van der Waals surface area contributed by atoms with Crippen LogP contribution in [0.15, 0.2) is 0 Å². The second-order valence-electron chi connectivity index (χ2n) is 3.90. The van der Waals surface area contributed by atoms with Crippen LogP contribution in [0.1, 0.15) is 20.3 Å². The lowest BCUT2D eigenvalue weighted by Crippen LogP contribution is -2.46. The molecule has 0 unspecified atom stereocenters. The number of rotatable bonds is 2. The van der Waals surface area contributed by atoms with Gasteiger partial charge in [0.2, 0.25) is 5.91 Å². The fourth-order valence-corrected chi connectivity index (χ4v) is 2.79. The average Bonchev–Trinajstić information content (AvgIpc) is 2.03. The van der Waals surface area contributed by atoms with Gasteiger partial charge in [-0.1, -0.05) is 0 Å². The molecular formula is C9H17NOS2. The first-order valence-corrected chi connectivity index (χ1v) is 6.19. The van der Waals surface area contributed by atoms with Crippen molar-refractivity contribution in [3.05, 3.63) is 0 Å². The molecule has 13 heavy (non-hydrogen) atoms. The number of carbonyl (C=O) groups is 1. The molecule has 0 atom stereocenters. The van der Waals surface area contributed by atoms with Crippen LogP contribution in [0.4, 0.5) is 0 Å². The molecule has 1 saturated heterocycles. The molecule has 1 rings (SSSR count). The molecule has 0 aromatic rings. The highest BCUT2D eigenvalue weighted by molar-refractivity contribution is 8.00. The summed E-state index contributed by atoms with van der Waals surface area (Å²) in [5, 5.41) is 0. The van der Waals surface area contributed by atoms with Gasteiger partial charge in [-0.05, 0) is 19.6 Å². The highest BCUT2D eigenvalue weighted by Gasteiger charge is 2.28. The predicted molar refractivity (Wildman–Crippen MR) is 61.6 cm³/mol. The largest absolute Gasteiger partial charge is 0.340 e. The number of hydrogen-bond acceptors (Lipinski definition) is 3. The van der Waals surface area contributed by atoms with Crippen molar-refractivity contribution in [3.8, 4) is 0 Å². The summed E-state index contributed by atoms with van der Waals surface area (Å²) in [6, 6.07) is 0. The third kappa shape index (κ3) is 3.43. The van der Waals surface area contributed by atoms with Crippen LogP contribution in [-0.4, -0.2) is 40.1 Å². The first kappa shape index (κ1) is 11.2. The second kappa shape index (κ2) is 4.60.